The maximum absolute atomic E-state index is 2.55. The zero-order valence-corrected chi connectivity index (χ0v) is 22.6. The third-order valence-corrected chi connectivity index (χ3v) is 9.60. The fraction of sp³-hybridized carbons (Fsp3) is 0.333. The van der Waals surface area contributed by atoms with Crippen molar-refractivity contribution in [2.45, 2.75) is 76.7 Å². The molecular weight excluding hydrogens is 446 g/mol. The fourth-order valence-electron chi connectivity index (χ4n) is 7.87. The van der Waals surface area contributed by atoms with Crippen LogP contribution in [0.25, 0.3) is 22.3 Å². The molecule has 0 atom stereocenters. The Morgan fingerprint density at radius 1 is 0.568 bits per heavy atom. The SMILES string of the molecule is CC(C)N(c1ccc2c(c1)C(C)(C)c1ccccc1-2)c1ccc2c(c1)C1(CCCCC1)c1ccccc1-2. The van der Waals surface area contributed by atoms with E-state index in [1.165, 1.54) is 76.9 Å². The van der Waals surface area contributed by atoms with E-state index in [0.29, 0.717) is 6.04 Å². The minimum Gasteiger partial charge on any atom is -0.339 e. The molecule has 1 saturated carbocycles. The van der Waals surface area contributed by atoms with Gasteiger partial charge in [-0.15, -0.1) is 0 Å². The number of anilines is 2. The molecule has 1 fully saturated rings. The van der Waals surface area contributed by atoms with E-state index in [2.05, 4.69) is 118 Å². The van der Waals surface area contributed by atoms with Gasteiger partial charge in [0.1, 0.15) is 0 Å². The largest absolute Gasteiger partial charge is 0.339 e. The molecule has 1 nitrogen and oxygen atoms in total. The monoisotopic (exact) mass is 483 g/mol. The van der Waals surface area contributed by atoms with Gasteiger partial charge in [0.25, 0.3) is 0 Å². The predicted octanol–water partition coefficient (Wildman–Crippen LogP) is 9.77. The van der Waals surface area contributed by atoms with Crippen molar-refractivity contribution in [1.82, 2.24) is 0 Å². The highest BCUT2D eigenvalue weighted by molar-refractivity contribution is 5.86. The third-order valence-electron chi connectivity index (χ3n) is 9.60. The summed E-state index contributed by atoms with van der Waals surface area (Å²) in [5, 5.41) is 0. The molecule has 4 aromatic rings. The van der Waals surface area contributed by atoms with Crippen molar-refractivity contribution in [1.29, 1.82) is 0 Å². The van der Waals surface area contributed by atoms with E-state index in [0.717, 1.165) is 0 Å². The predicted molar refractivity (Wildman–Crippen MR) is 157 cm³/mol. The second kappa shape index (κ2) is 8.09. The number of benzene rings is 4. The number of fused-ring (bicyclic) bond motifs is 8. The Labute approximate surface area is 222 Å². The lowest BCUT2D eigenvalue weighted by Crippen LogP contribution is -2.29. The molecule has 4 aromatic carbocycles. The summed E-state index contributed by atoms with van der Waals surface area (Å²) in [7, 11) is 0. The zero-order chi connectivity index (χ0) is 25.4. The van der Waals surface area contributed by atoms with Gasteiger partial charge < -0.3 is 4.90 Å². The molecule has 3 aliphatic rings. The Balaban J connectivity index is 1.36. The summed E-state index contributed by atoms with van der Waals surface area (Å²) in [6, 6.07) is 33.0. The molecule has 7 rings (SSSR count). The third kappa shape index (κ3) is 3.16. The summed E-state index contributed by atoms with van der Waals surface area (Å²) in [5.74, 6) is 0. The molecule has 3 aliphatic carbocycles. The normalized spacial score (nSPS) is 17.9. The van der Waals surface area contributed by atoms with E-state index in [1.807, 2.05) is 0 Å². The van der Waals surface area contributed by atoms with Crippen LogP contribution in [0.4, 0.5) is 11.4 Å². The molecule has 0 bridgehead atoms. The number of nitrogens with zero attached hydrogens (tertiary/aromatic N) is 1. The van der Waals surface area contributed by atoms with Gasteiger partial charge in [0.05, 0.1) is 0 Å². The molecule has 1 spiro atoms. The van der Waals surface area contributed by atoms with Gasteiger partial charge in [-0.05, 0) is 95.5 Å². The Bertz CT molecular complexity index is 1520. The van der Waals surface area contributed by atoms with Crippen LogP contribution in [-0.4, -0.2) is 6.04 Å². The molecule has 0 saturated heterocycles. The van der Waals surface area contributed by atoms with Gasteiger partial charge in [0.15, 0.2) is 0 Å². The Hall–Kier alpha value is -3.32. The van der Waals surface area contributed by atoms with E-state index in [-0.39, 0.29) is 10.8 Å². The average Bonchev–Trinajstić information content (AvgIpc) is 3.31. The summed E-state index contributed by atoms with van der Waals surface area (Å²) in [4.78, 5) is 2.55. The van der Waals surface area contributed by atoms with Crippen LogP contribution in [-0.2, 0) is 10.8 Å². The highest BCUT2D eigenvalue weighted by Gasteiger charge is 2.44. The van der Waals surface area contributed by atoms with Crippen LogP contribution in [0.15, 0.2) is 84.9 Å². The summed E-state index contributed by atoms with van der Waals surface area (Å²) in [6.07, 6.45) is 6.56. The lowest BCUT2D eigenvalue weighted by Gasteiger charge is -2.37. The first-order chi connectivity index (χ1) is 17.9. The van der Waals surface area contributed by atoms with Gasteiger partial charge in [0.2, 0.25) is 0 Å². The summed E-state index contributed by atoms with van der Waals surface area (Å²) < 4.78 is 0. The van der Waals surface area contributed by atoms with E-state index in [1.54, 1.807) is 11.1 Å². The molecule has 0 amide bonds. The molecule has 0 N–H and O–H groups in total. The van der Waals surface area contributed by atoms with Crippen molar-refractivity contribution in [2.75, 3.05) is 4.90 Å². The van der Waals surface area contributed by atoms with Gasteiger partial charge in [-0.2, -0.15) is 0 Å². The van der Waals surface area contributed by atoms with Crippen molar-refractivity contribution < 1.29 is 0 Å². The second-order valence-electron chi connectivity index (χ2n) is 12.3. The number of hydrogen-bond acceptors (Lipinski definition) is 1. The first kappa shape index (κ1) is 22.8. The van der Waals surface area contributed by atoms with Crippen LogP contribution in [0.5, 0.6) is 0 Å². The average molecular weight is 484 g/mol. The van der Waals surface area contributed by atoms with Crippen LogP contribution in [0.3, 0.4) is 0 Å². The van der Waals surface area contributed by atoms with E-state index in [9.17, 15) is 0 Å². The van der Waals surface area contributed by atoms with Crippen LogP contribution >= 0.6 is 0 Å². The molecule has 0 aliphatic heterocycles. The molecule has 186 valence electrons. The van der Waals surface area contributed by atoms with Gasteiger partial charge >= 0.3 is 0 Å². The first-order valence-electron chi connectivity index (χ1n) is 14.2. The Morgan fingerprint density at radius 3 is 1.73 bits per heavy atom. The minimum atomic E-state index is 0.0102. The standard InChI is InChI=1S/C36H37N/c1-24(2)37(25-16-18-29-27-12-6-8-14-31(27)35(3,4)33(29)22-25)26-17-19-30-28-13-7-9-15-32(28)36(34(30)23-26)20-10-5-11-21-36/h6-9,12-19,22-24H,5,10-11,20-21H2,1-4H3. The zero-order valence-electron chi connectivity index (χ0n) is 22.6. The second-order valence-corrected chi connectivity index (χ2v) is 12.3. The lowest BCUT2D eigenvalue weighted by atomic mass is 9.68. The topological polar surface area (TPSA) is 3.24 Å². The number of rotatable bonds is 3. The van der Waals surface area contributed by atoms with Gasteiger partial charge in [-0.3, -0.25) is 0 Å². The fourth-order valence-corrected chi connectivity index (χ4v) is 7.87. The maximum Gasteiger partial charge on any atom is 0.0416 e. The lowest BCUT2D eigenvalue weighted by molar-refractivity contribution is 0.353. The molecular formula is C36H37N. The van der Waals surface area contributed by atoms with Crippen molar-refractivity contribution in [3.8, 4) is 22.3 Å². The van der Waals surface area contributed by atoms with E-state index >= 15 is 0 Å². The summed E-state index contributed by atoms with van der Waals surface area (Å²) in [6.45, 7) is 9.40. The van der Waals surface area contributed by atoms with Crippen LogP contribution in [0.2, 0.25) is 0 Å². The van der Waals surface area contributed by atoms with Crippen LogP contribution in [0.1, 0.15) is 82.1 Å². The molecule has 0 radical (unpaired) electrons. The van der Waals surface area contributed by atoms with E-state index in [4.69, 9.17) is 0 Å². The highest BCUT2D eigenvalue weighted by Crippen LogP contribution is 2.57. The quantitative estimate of drug-likeness (QED) is 0.280. The Morgan fingerprint density at radius 2 is 1.08 bits per heavy atom. The van der Waals surface area contributed by atoms with E-state index < -0.39 is 0 Å². The van der Waals surface area contributed by atoms with Gasteiger partial charge in [-0.25, -0.2) is 0 Å². The van der Waals surface area contributed by atoms with Crippen molar-refractivity contribution >= 4 is 11.4 Å². The molecule has 0 unspecified atom stereocenters. The Kier molecular flexibility index (Phi) is 4.99. The highest BCUT2D eigenvalue weighted by atomic mass is 15.2. The minimum absolute atomic E-state index is 0.0102. The van der Waals surface area contributed by atoms with Crippen molar-refractivity contribution in [2.24, 2.45) is 0 Å². The van der Waals surface area contributed by atoms with Gasteiger partial charge in [-0.1, -0.05) is 93.8 Å². The molecule has 37 heavy (non-hydrogen) atoms. The molecule has 0 aromatic heterocycles. The van der Waals surface area contributed by atoms with Gasteiger partial charge in [0, 0.05) is 28.2 Å². The van der Waals surface area contributed by atoms with Crippen LogP contribution < -0.4 is 4.90 Å². The van der Waals surface area contributed by atoms with Crippen molar-refractivity contribution in [3.63, 3.8) is 0 Å². The maximum atomic E-state index is 2.55. The van der Waals surface area contributed by atoms with Crippen molar-refractivity contribution in [3.05, 3.63) is 107 Å². The smallest absolute Gasteiger partial charge is 0.0416 e. The molecule has 1 heteroatoms. The first-order valence-corrected chi connectivity index (χ1v) is 14.2. The van der Waals surface area contributed by atoms with Crippen LogP contribution in [0, 0.1) is 0 Å². The number of hydrogen-bond donors (Lipinski definition) is 0. The summed E-state index contributed by atoms with van der Waals surface area (Å²) in [5.41, 5.74) is 14.5. The summed E-state index contributed by atoms with van der Waals surface area (Å²) >= 11 is 0. The molecule has 0 heterocycles.